The van der Waals surface area contributed by atoms with Crippen LogP contribution in [0.5, 0.6) is 0 Å². The first-order valence-corrected chi connectivity index (χ1v) is 4.28. The van der Waals surface area contributed by atoms with E-state index in [-0.39, 0.29) is 0 Å². The van der Waals surface area contributed by atoms with E-state index >= 15 is 0 Å². The largest absolute Gasteiger partial charge is 0.376 e. The van der Waals surface area contributed by atoms with Gasteiger partial charge in [0, 0.05) is 0 Å². The molecule has 1 atom stereocenters. The molecule has 0 aliphatic rings. The van der Waals surface area contributed by atoms with Gasteiger partial charge in [0.15, 0.2) is 0 Å². The molecule has 13 heavy (non-hydrogen) atoms. The number of hydrogen-bond donors (Lipinski definition) is 1. The molecule has 0 saturated carbocycles. The zero-order chi connectivity index (χ0) is 10.0. The Labute approximate surface area is 79.4 Å². The van der Waals surface area contributed by atoms with Crippen LogP contribution in [0.15, 0.2) is 12.1 Å². The molecule has 1 aromatic rings. The van der Waals surface area contributed by atoms with Gasteiger partial charge in [0.2, 0.25) is 0 Å². The average Bonchev–Trinajstić information content (AvgIpc) is 2.10. The molecule has 0 aromatic heterocycles. The standard InChI is InChI=1S/C12H14O/c1-5-12(13)11-7-9(3)8(2)6-10(11)4/h1,6-7,12-13H,2-4H3. The van der Waals surface area contributed by atoms with E-state index in [2.05, 4.69) is 5.92 Å². The van der Waals surface area contributed by atoms with Gasteiger partial charge >= 0.3 is 0 Å². The molecule has 0 fully saturated rings. The minimum Gasteiger partial charge on any atom is -0.376 e. The number of benzene rings is 1. The van der Waals surface area contributed by atoms with Crippen LogP contribution in [-0.2, 0) is 0 Å². The number of aliphatic hydroxyl groups is 1. The van der Waals surface area contributed by atoms with Gasteiger partial charge < -0.3 is 5.11 Å². The van der Waals surface area contributed by atoms with Crippen LogP contribution in [0.2, 0.25) is 0 Å². The summed E-state index contributed by atoms with van der Waals surface area (Å²) < 4.78 is 0. The van der Waals surface area contributed by atoms with Crippen LogP contribution in [0.25, 0.3) is 0 Å². The van der Waals surface area contributed by atoms with Gasteiger partial charge in [-0.05, 0) is 43.0 Å². The van der Waals surface area contributed by atoms with Gasteiger partial charge in [-0.25, -0.2) is 0 Å². The molecule has 1 heteroatoms. The molecule has 0 aliphatic carbocycles. The summed E-state index contributed by atoms with van der Waals surface area (Å²) in [5.41, 5.74) is 4.28. The summed E-state index contributed by atoms with van der Waals surface area (Å²) in [4.78, 5) is 0. The Hall–Kier alpha value is -1.26. The molecular weight excluding hydrogens is 160 g/mol. The van der Waals surface area contributed by atoms with Crippen molar-refractivity contribution in [2.45, 2.75) is 26.9 Å². The third-order valence-electron chi connectivity index (χ3n) is 2.33. The van der Waals surface area contributed by atoms with Crippen LogP contribution in [0, 0.1) is 33.1 Å². The Bertz CT molecular complexity index is 358. The van der Waals surface area contributed by atoms with Crippen LogP contribution < -0.4 is 0 Å². The number of aliphatic hydroxyl groups excluding tert-OH is 1. The van der Waals surface area contributed by atoms with Crippen molar-refractivity contribution in [3.8, 4) is 12.3 Å². The second-order valence-electron chi connectivity index (χ2n) is 3.36. The molecule has 0 radical (unpaired) electrons. The molecule has 0 saturated heterocycles. The zero-order valence-corrected chi connectivity index (χ0v) is 8.26. The highest BCUT2D eigenvalue weighted by Gasteiger charge is 2.08. The van der Waals surface area contributed by atoms with Crippen molar-refractivity contribution in [1.29, 1.82) is 0 Å². The van der Waals surface area contributed by atoms with Crippen LogP contribution in [-0.4, -0.2) is 5.11 Å². The molecule has 1 aromatic carbocycles. The highest BCUT2D eigenvalue weighted by atomic mass is 16.3. The first-order chi connectivity index (χ1) is 6.06. The quantitative estimate of drug-likeness (QED) is 0.647. The molecule has 1 unspecified atom stereocenters. The first-order valence-electron chi connectivity index (χ1n) is 4.28. The van der Waals surface area contributed by atoms with Gasteiger partial charge in [-0.2, -0.15) is 0 Å². The highest BCUT2D eigenvalue weighted by molar-refractivity contribution is 5.39. The predicted octanol–water partition coefficient (Wildman–Crippen LogP) is 2.28. The fourth-order valence-corrected chi connectivity index (χ4v) is 1.37. The second kappa shape index (κ2) is 3.64. The van der Waals surface area contributed by atoms with Gasteiger partial charge in [-0.15, -0.1) is 6.42 Å². The predicted molar refractivity (Wildman–Crippen MR) is 54.4 cm³/mol. The first kappa shape index (κ1) is 9.83. The van der Waals surface area contributed by atoms with Crippen LogP contribution in [0.3, 0.4) is 0 Å². The summed E-state index contributed by atoms with van der Waals surface area (Å²) >= 11 is 0. The van der Waals surface area contributed by atoms with E-state index in [1.165, 1.54) is 5.56 Å². The van der Waals surface area contributed by atoms with Gasteiger partial charge in [0.05, 0.1) is 0 Å². The van der Waals surface area contributed by atoms with Crippen molar-refractivity contribution < 1.29 is 5.11 Å². The average molecular weight is 174 g/mol. The summed E-state index contributed by atoms with van der Waals surface area (Å²) in [5, 5.41) is 9.49. The van der Waals surface area contributed by atoms with Gasteiger partial charge in [0.25, 0.3) is 0 Å². The molecule has 0 bridgehead atoms. The molecule has 0 spiro atoms. The Morgan fingerprint density at radius 1 is 1.15 bits per heavy atom. The smallest absolute Gasteiger partial charge is 0.140 e. The highest BCUT2D eigenvalue weighted by Crippen LogP contribution is 2.20. The van der Waals surface area contributed by atoms with E-state index in [1.807, 2.05) is 32.9 Å². The van der Waals surface area contributed by atoms with Crippen LogP contribution >= 0.6 is 0 Å². The third kappa shape index (κ3) is 1.91. The Morgan fingerprint density at radius 2 is 1.69 bits per heavy atom. The maximum atomic E-state index is 9.49. The lowest BCUT2D eigenvalue weighted by Crippen LogP contribution is -1.98. The SMILES string of the molecule is C#CC(O)c1cc(C)c(C)cc1C. The summed E-state index contributed by atoms with van der Waals surface area (Å²) in [7, 11) is 0. The monoisotopic (exact) mass is 174 g/mol. The minimum atomic E-state index is -0.778. The molecule has 68 valence electrons. The lowest BCUT2D eigenvalue weighted by Gasteiger charge is -2.11. The lowest BCUT2D eigenvalue weighted by molar-refractivity contribution is 0.237. The van der Waals surface area contributed by atoms with Gasteiger partial charge in [-0.1, -0.05) is 18.1 Å². The topological polar surface area (TPSA) is 20.2 Å². The zero-order valence-electron chi connectivity index (χ0n) is 8.26. The number of terminal acetylenes is 1. The van der Waals surface area contributed by atoms with Gasteiger partial charge in [-0.3, -0.25) is 0 Å². The molecule has 1 nitrogen and oxygen atoms in total. The van der Waals surface area contributed by atoms with Gasteiger partial charge in [0.1, 0.15) is 6.10 Å². The van der Waals surface area contributed by atoms with E-state index in [0.717, 1.165) is 16.7 Å². The van der Waals surface area contributed by atoms with Crippen LogP contribution in [0.4, 0.5) is 0 Å². The minimum absolute atomic E-state index is 0.778. The molecule has 0 amide bonds. The molecule has 1 N–H and O–H groups in total. The summed E-state index contributed by atoms with van der Waals surface area (Å²) in [5.74, 6) is 2.32. The van der Waals surface area contributed by atoms with E-state index in [9.17, 15) is 5.11 Å². The Kier molecular flexibility index (Phi) is 2.75. The maximum absolute atomic E-state index is 9.49. The Balaban J connectivity index is 3.25. The van der Waals surface area contributed by atoms with Crippen molar-refractivity contribution in [2.75, 3.05) is 0 Å². The third-order valence-corrected chi connectivity index (χ3v) is 2.33. The van der Waals surface area contributed by atoms with Crippen molar-refractivity contribution in [3.63, 3.8) is 0 Å². The van der Waals surface area contributed by atoms with Crippen LogP contribution in [0.1, 0.15) is 28.4 Å². The van der Waals surface area contributed by atoms with E-state index < -0.39 is 6.10 Å². The van der Waals surface area contributed by atoms with E-state index in [0.29, 0.717) is 0 Å². The van der Waals surface area contributed by atoms with E-state index in [1.54, 1.807) is 0 Å². The van der Waals surface area contributed by atoms with Crippen molar-refractivity contribution in [3.05, 3.63) is 34.4 Å². The summed E-state index contributed by atoms with van der Waals surface area (Å²) in [6, 6.07) is 4.00. The normalized spacial score (nSPS) is 12.2. The second-order valence-corrected chi connectivity index (χ2v) is 3.36. The van der Waals surface area contributed by atoms with Crippen molar-refractivity contribution in [2.24, 2.45) is 0 Å². The molecular formula is C12H14O. The Morgan fingerprint density at radius 3 is 2.23 bits per heavy atom. The number of aryl methyl sites for hydroxylation is 3. The molecule has 1 rings (SSSR count). The molecule has 0 heterocycles. The lowest BCUT2D eigenvalue weighted by atomic mass is 9.97. The number of rotatable bonds is 1. The van der Waals surface area contributed by atoms with E-state index in [4.69, 9.17) is 6.42 Å². The number of hydrogen-bond acceptors (Lipinski definition) is 1. The fourth-order valence-electron chi connectivity index (χ4n) is 1.37. The summed E-state index contributed by atoms with van der Waals surface area (Å²) in [6.07, 6.45) is 4.38. The fraction of sp³-hybridized carbons (Fsp3) is 0.333. The maximum Gasteiger partial charge on any atom is 0.140 e. The van der Waals surface area contributed by atoms with Crippen molar-refractivity contribution >= 4 is 0 Å². The van der Waals surface area contributed by atoms with Crippen molar-refractivity contribution in [1.82, 2.24) is 0 Å². The molecule has 0 aliphatic heterocycles. The summed E-state index contributed by atoms with van der Waals surface area (Å²) in [6.45, 7) is 6.03.